The highest BCUT2D eigenvalue weighted by Crippen LogP contribution is 2.03. The fourth-order valence-corrected chi connectivity index (χ4v) is 3.79. The molecule has 0 aliphatic carbocycles. The van der Waals surface area contributed by atoms with Crippen LogP contribution in [0.3, 0.4) is 0 Å². The molecule has 0 aromatic rings. The fraction of sp³-hybridized carbons (Fsp3) is 0.852. The molecule has 0 fully saturated rings. The summed E-state index contributed by atoms with van der Waals surface area (Å²) in [4.78, 5) is 47.6. The van der Waals surface area contributed by atoms with Gasteiger partial charge in [0.2, 0.25) is 23.6 Å². The van der Waals surface area contributed by atoms with Gasteiger partial charge in [0.25, 0.3) is 0 Å². The minimum Gasteiger partial charge on any atom is -0.785 e. The lowest BCUT2D eigenvalue weighted by Crippen LogP contribution is -2.31. The van der Waals surface area contributed by atoms with Crippen molar-refractivity contribution in [1.29, 1.82) is 0 Å². The fourth-order valence-electron chi connectivity index (χ4n) is 3.79. The predicted molar refractivity (Wildman–Crippen MR) is 152 cm³/mol. The lowest BCUT2D eigenvalue weighted by Gasteiger charge is -2.27. The Labute approximate surface area is 239 Å². The Morgan fingerprint density at radius 1 is 0.625 bits per heavy atom. The molecular weight excluding hydrogens is 520 g/mol. The van der Waals surface area contributed by atoms with Crippen molar-refractivity contribution in [2.45, 2.75) is 103 Å². The van der Waals surface area contributed by atoms with E-state index in [9.17, 15) is 34.8 Å². The van der Waals surface area contributed by atoms with Gasteiger partial charge in [-0.05, 0) is 71.0 Å². The molecule has 0 radical (unpaired) electrons. The van der Waals surface area contributed by atoms with Gasteiger partial charge >= 0.3 is 0 Å². The van der Waals surface area contributed by atoms with Gasteiger partial charge in [-0.2, -0.15) is 0 Å². The van der Waals surface area contributed by atoms with Crippen LogP contribution >= 0.6 is 0 Å². The molecule has 0 rings (SSSR count). The Morgan fingerprint density at radius 3 is 1.52 bits per heavy atom. The lowest BCUT2D eigenvalue weighted by molar-refractivity contribution is -0.166. The van der Waals surface area contributed by atoms with Gasteiger partial charge in [-0.1, -0.05) is 26.2 Å². The number of nitrogens with one attached hydrogen (secondary N) is 2. The average Bonchev–Trinajstić information content (AvgIpc) is 2.94. The zero-order valence-electron chi connectivity index (χ0n) is 24.4. The number of nitrogens with two attached hydrogens (primary N) is 1. The maximum atomic E-state index is 12.0. The van der Waals surface area contributed by atoms with Crippen LogP contribution in [0.5, 0.6) is 0 Å². The Morgan fingerprint density at radius 2 is 1.05 bits per heavy atom. The highest BCUT2D eigenvalue weighted by atomic mass is 16.5. The van der Waals surface area contributed by atoms with Gasteiger partial charge in [0.1, 0.15) is 0 Å². The van der Waals surface area contributed by atoms with Crippen molar-refractivity contribution in [2.24, 2.45) is 5.73 Å². The van der Waals surface area contributed by atoms with Gasteiger partial charge in [-0.25, -0.2) is 10.1 Å². The molecule has 0 aliphatic heterocycles. The summed E-state index contributed by atoms with van der Waals surface area (Å²) >= 11 is 0. The summed E-state index contributed by atoms with van der Waals surface area (Å²) in [6, 6.07) is 0. The van der Waals surface area contributed by atoms with E-state index >= 15 is 0 Å². The maximum Gasteiger partial charge on any atom is 0.246 e. The molecule has 0 spiro atoms. The number of hydrogen-bond acceptors (Lipinski definition) is 9. The van der Waals surface area contributed by atoms with Gasteiger partial charge in [0, 0.05) is 51.9 Å². The predicted octanol–water partition coefficient (Wildman–Crippen LogP) is 2.28. The Balaban J connectivity index is 3.74. The molecule has 0 unspecified atom stereocenters. The van der Waals surface area contributed by atoms with E-state index in [0.29, 0.717) is 81.4 Å². The third-order valence-electron chi connectivity index (χ3n) is 6.32. The lowest BCUT2D eigenvalue weighted by atomic mass is 10.2. The summed E-state index contributed by atoms with van der Waals surface area (Å²) in [5.74, 6) is -1.57. The molecule has 0 aromatic carbocycles. The number of carbonyl (C=O) groups is 4. The van der Waals surface area contributed by atoms with Crippen LogP contribution in [-0.2, 0) is 19.2 Å². The summed E-state index contributed by atoms with van der Waals surface area (Å²) in [5.41, 5.74) is 5.40. The van der Waals surface area contributed by atoms with Crippen LogP contribution in [0.4, 0.5) is 0 Å². The highest BCUT2D eigenvalue weighted by Gasteiger charge is 2.14. The second-order valence-corrected chi connectivity index (χ2v) is 9.99. The molecule has 234 valence electrons. The van der Waals surface area contributed by atoms with Crippen LogP contribution in [0.15, 0.2) is 0 Å². The Hall–Kier alpha value is -2.32. The molecule has 0 saturated heterocycles. The number of carbonyl (C=O) groups excluding carboxylic acids is 4. The van der Waals surface area contributed by atoms with Crippen LogP contribution in [-0.4, -0.2) is 95.0 Å². The summed E-state index contributed by atoms with van der Waals surface area (Å²) in [6.45, 7) is 4.86. The summed E-state index contributed by atoms with van der Waals surface area (Å²) in [5, 5.41) is 39.0. The normalized spacial score (nSPS) is 10.9. The van der Waals surface area contributed by atoms with E-state index in [0.717, 1.165) is 37.2 Å². The topological polar surface area (TPSA) is 192 Å². The molecule has 0 atom stereocenters. The summed E-state index contributed by atoms with van der Waals surface area (Å²) in [7, 11) is 0. The first-order valence-electron chi connectivity index (χ1n) is 14.8. The quantitative estimate of drug-likeness (QED) is 0.0586. The number of nitrogens with zero attached hydrogens (tertiary/aromatic N) is 3. The van der Waals surface area contributed by atoms with Crippen LogP contribution in [0, 0.1) is 5.21 Å². The van der Waals surface area contributed by atoms with E-state index < -0.39 is 11.8 Å². The van der Waals surface area contributed by atoms with Crippen molar-refractivity contribution in [1.82, 2.24) is 25.8 Å². The van der Waals surface area contributed by atoms with Gasteiger partial charge in [-0.3, -0.25) is 29.6 Å². The molecule has 0 aliphatic rings. The molecule has 0 aromatic heterocycles. The second-order valence-electron chi connectivity index (χ2n) is 9.99. The van der Waals surface area contributed by atoms with Crippen LogP contribution in [0.25, 0.3) is 0 Å². The summed E-state index contributed by atoms with van der Waals surface area (Å²) < 4.78 is 0. The third-order valence-corrected chi connectivity index (χ3v) is 6.32. The van der Waals surface area contributed by atoms with Crippen LogP contribution < -0.4 is 16.4 Å². The standard InChI is InChI=1S/C27H53N6O7/c1-2-3-9-20-31(38)21-12-8-19-30-25(35)14-16-27(37)33(40)23-11-5-7-18-29-24(34)13-15-26(36)32(39)22-10-4-6-17-28/h39-40H,2-23,28H2,1H3,(H,29,34)(H,30,35)/q-1. The molecule has 0 bridgehead atoms. The number of amides is 4. The number of rotatable bonds is 26. The largest absolute Gasteiger partial charge is 0.785 e. The highest BCUT2D eigenvalue weighted by molar-refractivity contribution is 5.83. The number of hydroxylamine groups is 6. The SMILES string of the molecule is CCCCCN([O-])CCCCNC(=O)CCC(=O)N(O)CCCCCNC(=O)CCC(=O)N(O)CCCCCN. The van der Waals surface area contributed by atoms with Crippen LogP contribution in [0.2, 0.25) is 0 Å². The molecule has 40 heavy (non-hydrogen) atoms. The molecular formula is C27H53N6O7-. The summed E-state index contributed by atoms with van der Waals surface area (Å²) in [6.07, 6.45) is 8.36. The van der Waals surface area contributed by atoms with E-state index in [4.69, 9.17) is 5.73 Å². The first kappa shape index (κ1) is 37.7. The third kappa shape index (κ3) is 22.5. The monoisotopic (exact) mass is 573 g/mol. The van der Waals surface area contributed by atoms with E-state index in [2.05, 4.69) is 17.6 Å². The van der Waals surface area contributed by atoms with Crippen molar-refractivity contribution < 1.29 is 29.6 Å². The van der Waals surface area contributed by atoms with Crippen molar-refractivity contribution >= 4 is 23.6 Å². The molecule has 0 heterocycles. The number of hydrogen-bond donors (Lipinski definition) is 5. The van der Waals surface area contributed by atoms with Crippen molar-refractivity contribution in [3.8, 4) is 0 Å². The van der Waals surface area contributed by atoms with Gasteiger partial charge in [0.05, 0.1) is 0 Å². The van der Waals surface area contributed by atoms with Gasteiger partial charge < -0.3 is 26.6 Å². The van der Waals surface area contributed by atoms with E-state index in [1.165, 1.54) is 0 Å². The molecule has 13 nitrogen and oxygen atoms in total. The van der Waals surface area contributed by atoms with Crippen LogP contribution in [0.1, 0.15) is 103 Å². The zero-order chi connectivity index (χ0) is 30.0. The molecule has 4 amide bonds. The first-order valence-corrected chi connectivity index (χ1v) is 14.8. The maximum absolute atomic E-state index is 12.0. The van der Waals surface area contributed by atoms with Crippen molar-refractivity contribution in [2.75, 3.05) is 45.8 Å². The average molecular weight is 574 g/mol. The minimum absolute atomic E-state index is 0.0109. The van der Waals surface area contributed by atoms with E-state index in [-0.39, 0.29) is 50.6 Å². The zero-order valence-corrected chi connectivity index (χ0v) is 24.4. The van der Waals surface area contributed by atoms with Gasteiger partial charge in [0.15, 0.2) is 0 Å². The molecule has 13 heteroatoms. The Bertz CT molecular complexity index is 698. The molecule has 6 N–H and O–H groups in total. The van der Waals surface area contributed by atoms with Crippen molar-refractivity contribution in [3.05, 3.63) is 5.21 Å². The first-order chi connectivity index (χ1) is 19.2. The van der Waals surface area contributed by atoms with Crippen molar-refractivity contribution in [3.63, 3.8) is 0 Å². The molecule has 0 saturated carbocycles. The van der Waals surface area contributed by atoms with E-state index in [1.807, 2.05) is 0 Å². The number of unbranched alkanes of at least 4 members (excludes halogenated alkanes) is 7. The Kier molecular flexibility index (Phi) is 24.1. The smallest absolute Gasteiger partial charge is 0.246 e. The van der Waals surface area contributed by atoms with E-state index in [1.54, 1.807) is 0 Å². The second kappa shape index (κ2) is 25.6. The van der Waals surface area contributed by atoms with Gasteiger partial charge in [-0.15, -0.1) is 0 Å². The minimum atomic E-state index is -0.528.